The molecular weight excluding hydrogens is 258 g/mol. The van der Waals surface area contributed by atoms with E-state index >= 15 is 0 Å². The van der Waals surface area contributed by atoms with Crippen molar-refractivity contribution in [3.63, 3.8) is 0 Å². The number of rotatable bonds is 6. The molecular formula is C14H23N3O3. The number of carbonyl (C=O) groups is 2. The molecule has 0 unspecified atom stereocenters. The molecule has 20 heavy (non-hydrogen) atoms. The lowest BCUT2D eigenvalue weighted by Gasteiger charge is -2.09. The highest BCUT2D eigenvalue weighted by Gasteiger charge is 2.22. The standard InChI is InChI=1S/C14H23N3O3/c1-8(2)12-11(10(5)17-20-12)14(19)16-7-6-15-13(18)9(3)4/h8-9H,6-7H2,1-5H3,(H,15,18)(H,16,19). The highest BCUT2D eigenvalue weighted by Crippen LogP contribution is 2.21. The molecule has 0 saturated carbocycles. The summed E-state index contributed by atoms with van der Waals surface area (Å²) in [6.45, 7) is 10.1. The molecule has 0 atom stereocenters. The van der Waals surface area contributed by atoms with Gasteiger partial charge < -0.3 is 15.2 Å². The van der Waals surface area contributed by atoms with Gasteiger partial charge in [-0.05, 0) is 6.92 Å². The summed E-state index contributed by atoms with van der Waals surface area (Å²) in [5.41, 5.74) is 1.08. The van der Waals surface area contributed by atoms with Crippen LogP contribution in [0.2, 0.25) is 0 Å². The molecule has 0 aliphatic carbocycles. The second-order valence-electron chi connectivity index (χ2n) is 5.36. The molecule has 1 heterocycles. The highest BCUT2D eigenvalue weighted by molar-refractivity contribution is 5.96. The third-order valence-corrected chi connectivity index (χ3v) is 2.87. The monoisotopic (exact) mass is 281 g/mol. The van der Waals surface area contributed by atoms with Gasteiger partial charge in [0.1, 0.15) is 5.56 Å². The van der Waals surface area contributed by atoms with E-state index in [-0.39, 0.29) is 23.7 Å². The number of aromatic nitrogens is 1. The van der Waals surface area contributed by atoms with Crippen molar-refractivity contribution in [2.45, 2.75) is 40.5 Å². The van der Waals surface area contributed by atoms with E-state index in [0.29, 0.717) is 30.1 Å². The second-order valence-corrected chi connectivity index (χ2v) is 5.36. The summed E-state index contributed by atoms with van der Waals surface area (Å²) in [6.07, 6.45) is 0. The molecule has 0 aromatic carbocycles. The Morgan fingerprint density at radius 3 is 2.30 bits per heavy atom. The van der Waals surface area contributed by atoms with Gasteiger partial charge >= 0.3 is 0 Å². The smallest absolute Gasteiger partial charge is 0.256 e. The average molecular weight is 281 g/mol. The molecule has 6 nitrogen and oxygen atoms in total. The summed E-state index contributed by atoms with van der Waals surface area (Å²) < 4.78 is 5.17. The average Bonchev–Trinajstić information content (AvgIpc) is 2.76. The van der Waals surface area contributed by atoms with Crippen molar-refractivity contribution < 1.29 is 14.1 Å². The van der Waals surface area contributed by atoms with Crippen LogP contribution >= 0.6 is 0 Å². The minimum atomic E-state index is -0.216. The fraction of sp³-hybridized carbons (Fsp3) is 0.643. The fourth-order valence-corrected chi connectivity index (χ4v) is 1.71. The zero-order chi connectivity index (χ0) is 15.3. The van der Waals surface area contributed by atoms with Gasteiger partial charge in [0.2, 0.25) is 5.91 Å². The van der Waals surface area contributed by atoms with E-state index in [9.17, 15) is 9.59 Å². The van der Waals surface area contributed by atoms with Gasteiger partial charge in [0.15, 0.2) is 5.76 Å². The van der Waals surface area contributed by atoms with Crippen molar-refractivity contribution in [3.8, 4) is 0 Å². The van der Waals surface area contributed by atoms with Crippen molar-refractivity contribution in [2.75, 3.05) is 13.1 Å². The Bertz CT molecular complexity index is 478. The molecule has 0 fully saturated rings. The molecule has 112 valence electrons. The van der Waals surface area contributed by atoms with Crippen LogP contribution < -0.4 is 10.6 Å². The summed E-state index contributed by atoms with van der Waals surface area (Å²) in [6, 6.07) is 0. The quantitative estimate of drug-likeness (QED) is 0.776. The van der Waals surface area contributed by atoms with Crippen LogP contribution in [-0.4, -0.2) is 30.1 Å². The van der Waals surface area contributed by atoms with E-state index in [1.165, 1.54) is 0 Å². The zero-order valence-corrected chi connectivity index (χ0v) is 12.7. The first-order valence-corrected chi connectivity index (χ1v) is 6.86. The van der Waals surface area contributed by atoms with E-state index in [2.05, 4.69) is 15.8 Å². The Morgan fingerprint density at radius 2 is 1.75 bits per heavy atom. The summed E-state index contributed by atoms with van der Waals surface area (Å²) in [5, 5.41) is 9.34. The minimum absolute atomic E-state index is 0.0247. The lowest BCUT2D eigenvalue weighted by molar-refractivity contribution is -0.123. The molecule has 6 heteroatoms. The van der Waals surface area contributed by atoms with Crippen LogP contribution in [0.25, 0.3) is 0 Å². The van der Waals surface area contributed by atoms with E-state index < -0.39 is 0 Å². The molecule has 1 aromatic heterocycles. The van der Waals surface area contributed by atoms with Crippen LogP contribution in [0.15, 0.2) is 4.52 Å². The molecule has 0 radical (unpaired) electrons. The van der Waals surface area contributed by atoms with E-state index in [1.54, 1.807) is 6.92 Å². The summed E-state index contributed by atoms with van der Waals surface area (Å²) in [4.78, 5) is 23.5. The number of carbonyl (C=O) groups excluding carboxylic acids is 2. The summed E-state index contributed by atoms with van der Waals surface area (Å²) >= 11 is 0. The van der Waals surface area contributed by atoms with Crippen LogP contribution in [-0.2, 0) is 4.79 Å². The molecule has 1 aromatic rings. The predicted molar refractivity (Wildman–Crippen MR) is 75.5 cm³/mol. The summed E-state index contributed by atoms with van der Waals surface area (Å²) in [7, 11) is 0. The first-order valence-electron chi connectivity index (χ1n) is 6.86. The van der Waals surface area contributed by atoms with E-state index in [0.717, 1.165) is 0 Å². The normalized spacial score (nSPS) is 10.9. The van der Waals surface area contributed by atoms with Crippen molar-refractivity contribution in [2.24, 2.45) is 5.92 Å². The van der Waals surface area contributed by atoms with Crippen molar-refractivity contribution in [1.29, 1.82) is 0 Å². The van der Waals surface area contributed by atoms with Gasteiger partial charge in [0, 0.05) is 24.9 Å². The largest absolute Gasteiger partial charge is 0.360 e. The maximum Gasteiger partial charge on any atom is 0.256 e. The predicted octanol–water partition coefficient (Wildman–Crippen LogP) is 1.61. The van der Waals surface area contributed by atoms with Crippen molar-refractivity contribution in [1.82, 2.24) is 15.8 Å². The third kappa shape index (κ3) is 4.08. The Labute approximate surface area is 119 Å². The zero-order valence-electron chi connectivity index (χ0n) is 12.7. The maximum absolute atomic E-state index is 12.1. The lowest BCUT2D eigenvalue weighted by atomic mass is 10.0. The highest BCUT2D eigenvalue weighted by atomic mass is 16.5. The fourth-order valence-electron chi connectivity index (χ4n) is 1.71. The molecule has 2 amide bonds. The maximum atomic E-state index is 12.1. The first-order chi connectivity index (χ1) is 9.34. The number of nitrogens with one attached hydrogen (secondary N) is 2. The Kier molecular flexibility index (Phi) is 5.73. The topological polar surface area (TPSA) is 84.2 Å². The van der Waals surface area contributed by atoms with Crippen molar-refractivity contribution in [3.05, 3.63) is 17.0 Å². The van der Waals surface area contributed by atoms with Gasteiger partial charge in [0.25, 0.3) is 5.91 Å². The third-order valence-electron chi connectivity index (χ3n) is 2.87. The SMILES string of the molecule is Cc1noc(C(C)C)c1C(=O)NCCNC(=O)C(C)C. The van der Waals surface area contributed by atoms with Crippen LogP contribution in [0.1, 0.15) is 55.4 Å². The van der Waals surface area contributed by atoms with Gasteiger partial charge in [-0.2, -0.15) is 0 Å². The molecule has 0 aliphatic heterocycles. The van der Waals surface area contributed by atoms with E-state index in [1.807, 2.05) is 27.7 Å². The molecule has 0 saturated heterocycles. The van der Waals surface area contributed by atoms with Gasteiger partial charge in [-0.15, -0.1) is 0 Å². The van der Waals surface area contributed by atoms with Gasteiger partial charge in [-0.3, -0.25) is 9.59 Å². The molecule has 2 N–H and O–H groups in total. The number of amides is 2. The minimum Gasteiger partial charge on any atom is -0.360 e. The summed E-state index contributed by atoms with van der Waals surface area (Å²) in [5.74, 6) is 0.386. The van der Waals surface area contributed by atoms with Crippen LogP contribution in [0.3, 0.4) is 0 Å². The number of hydrogen-bond acceptors (Lipinski definition) is 4. The Hall–Kier alpha value is -1.85. The molecule has 1 rings (SSSR count). The Morgan fingerprint density at radius 1 is 1.15 bits per heavy atom. The number of nitrogens with zero attached hydrogens (tertiary/aromatic N) is 1. The lowest BCUT2D eigenvalue weighted by Crippen LogP contribution is -2.36. The second kappa shape index (κ2) is 7.07. The molecule has 0 aliphatic rings. The van der Waals surface area contributed by atoms with Crippen LogP contribution in [0, 0.1) is 12.8 Å². The van der Waals surface area contributed by atoms with Gasteiger partial charge in [0.05, 0.1) is 5.69 Å². The van der Waals surface area contributed by atoms with E-state index in [4.69, 9.17) is 4.52 Å². The van der Waals surface area contributed by atoms with Gasteiger partial charge in [-0.25, -0.2) is 0 Å². The Balaban J connectivity index is 2.52. The molecule has 0 bridgehead atoms. The van der Waals surface area contributed by atoms with Crippen molar-refractivity contribution >= 4 is 11.8 Å². The number of hydrogen-bond donors (Lipinski definition) is 2. The van der Waals surface area contributed by atoms with Gasteiger partial charge in [-0.1, -0.05) is 32.9 Å². The van der Waals surface area contributed by atoms with Crippen LogP contribution in [0.4, 0.5) is 0 Å². The first kappa shape index (κ1) is 16.2. The number of aryl methyl sites for hydroxylation is 1. The van der Waals surface area contributed by atoms with Crippen LogP contribution in [0.5, 0.6) is 0 Å². The molecule has 0 spiro atoms.